The van der Waals surface area contributed by atoms with Crippen LogP contribution in [-0.4, -0.2) is 4.57 Å². The average molecular weight is 316 g/mol. The van der Waals surface area contributed by atoms with Gasteiger partial charge < -0.3 is 9.30 Å². The van der Waals surface area contributed by atoms with Crippen LogP contribution in [0.25, 0.3) is 10.9 Å². The summed E-state index contributed by atoms with van der Waals surface area (Å²) in [4.78, 5) is 0. The van der Waals surface area contributed by atoms with Gasteiger partial charge in [0.15, 0.2) is 0 Å². The van der Waals surface area contributed by atoms with Crippen molar-refractivity contribution < 1.29 is 4.74 Å². The van der Waals surface area contributed by atoms with E-state index in [-0.39, 0.29) is 0 Å². The zero-order chi connectivity index (χ0) is 13.2. The van der Waals surface area contributed by atoms with Gasteiger partial charge in [0.2, 0.25) is 0 Å². The zero-order valence-electron chi connectivity index (χ0n) is 10.6. The van der Waals surface area contributed by atoms with E-state index in [4.69, 9.17) is 4.74 Å². The van der Waals surface area contributed by atoms with E-state index in [1.165, 1.54) is 16.5 Å². The molecule has 96 valence electrons. The molecule has 2 nitrogen and oxygen atoms in total. The van der Waals surface area contributed by atoms with Gasteiger partial charge in [-0.3, -0.25) is 0 Å². The summed E-state index contributed by atoms with van der Waals surface area (Å²) < 4.78 is 9.05. The van der Waals surface area contributed by atoms with E-state index >= 15 is 0 Å². The number of nitrogens with zero attached hydrogens (tertiary/aromatic N) is 1. The van der Waals surface area contributed by atoms with Crippen LogP contribution in [0.4, 0.5) is 0 Å². The molecule has 0 spiro atoms. The molecule has 3 aromatic rings. The summed E-state index contributed by atoms with van der Waals surface area (Å²) in [5.41, 5.74) is 2.41. The summed E-state index contributed by atoms with van der Waals surface area (Å²) in [6, 6.07) is 16.2. The molecule has 0 bridgehead atoms. The van der Waals surface area contributed by atoms with Crippen molar-refractivity contribution in [1.82, 2.24) is 4.57 Å². The van der Waals surface area contributed by atoms with Gasteiger partial charge in [0, 0.05) is 34.2 Å². The molecule has 0 atom stereocenters. The Kier molecular flexibility index (Phi) is 3.30. The molecule has 3 rings (SSSR count). The van der Waals surface area contributed by atoms with Crippen LogP contribution < -0.4 is 4.74 Å². The maximum atomic E-state index is 5.82. The van der Waals surface area contributed by atoms with Crippen molar-refractivity contribution in [3.63, 3.8) is 0 Å². The lowest BCUT2D eigenvalue weighted by atomic mass is 10.2. The van der Waals surface area contributed by atoms with Crippen LogP contribution in [0, 0.1) is 0 Å². The molecule has 0 aliphatic carbocycles. The molecule has 2 aromatic carbocycles. The number of benzene rings is 2. The van der Waals surface area contributed by atoms with E-state index in [0.29, 0.717) is 6.61 Å². The van der Waals surface area contributed by atoms with Gasteiger partial charge in [-0.1, -0.05) is 34.1 Å². The molecule has 0 saturated heterocycles. The molecule has 0 saturated carbocycles. The standard InChI is InChI=1S/C16H14BrNO/c1-18-10-12(11-19-14-5-3-2-4-6-14)15-9-13(17)7-8-16(15)18/h2-10H,11H2,1H3. The van der Waals surface area contributed by atoms with Crippen molar-refractivity contribution in [2.75, 3.05) is 0 Å². The van der Waals surface area contributed by atoms with E-state index in [1.54, 1.807) is 0 Å². The number of fused-ring (bicyclic) bond motifs is 1. The van der Waals surface area contributed by atoms with Crippen molar-refractivity contribution in [3.8, 4) is 5.75 Å². The van der Waals surface area contributed by atoms with Gasteiger partial charge in [-0.25, -0.2) is 0 Å². The summed E-state index contributed by atoms with van der Waals surface area (Å²) in [5.74, 6) is 0.898. The normalized spacial score (nSPS) is 10.8. The average Bonchev–Trinajstić information content (AvgIpc) is 2.74. The van der Waals surface area contributed by atoms with Gasteiger partial charge in [0.1, 0.15) is 12.4 Å². The van der Waals surface area contributed by atoms with E-state index < -0.39 is 0 Å². The van der Waals surface area contributed by atoms with Crippen molar-refractivity contribution in [3.05, 3.63) is 64.8 Å². The van der Waals surface area contributed by atoms with Gasteiger partial charge in [-0.15, -0.1) is 0 Å². The van der Waals surface area contributed by atoms with E-state index in [9.17, 15) is 0 Å². The SMILES string of the molecule is Cn1cc(COc2ccccc2)c2cc(Br)ccc21. The molecule has 0 aliphatic rings. The number of rotatable bonds is 3. The largest absolute Gasteiger partial charge is 0.489 e. The van der Waals surface area contributed by atoms with E-state index in [1.807, 2.05) is 30.3 Å². The molecule has 0 radical (unpaired) electrons. The molecule has 0 amide bonds. The third-order valence-electron chi connectivity index (χ3n) is 3.17. The Morgan fingerprint density at radius 1 is 1.11 bits per heavy atom. The fraction of sp³-hybridized carbons (Fsp3) is 0.125. The second-order valence-electron chi connectivity index (χ2n) is 4.53. The Morgan fingerprint density at radius 2 is 1.89 bits per heavy atom. The Labute approximate surface area is 120 Å². The molecule has 1 heterocycles. The van der Waals surface area contributed by atoms with Crippen LogP contribution in [-0.2, 0) is 13.7 Å². The van der Waals surface area contributed by atoms with Gasteiger partial charge in [0.25, 0.3) is 0 Å². The summed E-state index contributed by atoms with van der Waals surface area (Å²) in [5, 5.41) is 1.23. The summed E-state index contributed by atoms with van der Waals surface area (Å²) in [6.45, 7) is 0.581. The molecule has 19 heavy (non-hydrogen) atoms. The third-order valence-corrected chi connectivity index (χ3v) is 3.66. The fourth-order valence-electron chi connectivity index (χ4n) is 2.24. The lowest BCUT2D eigenvalue weighted by Gasteiger charge is -2.04. The lowest BCUT2D eigenvalue weighted by Crippen LogP contribution is -1.94. The van der Waals surface area contributed by atoms with Crippen molar-refractivity contribution in [2.45, 2.75) is 6.61 Å². The zero-order valence-corrected chi connectivity index (χ0v) is 12.2. The fourth-order valence-corrected chi connectivity index (χ4v) is 2.60. The van der Waals surface area contributed by atoms with Crippen molar-refractivity contribution in [1.29, 1.82) is 0 Å². The number of hydrogen-bond acceptors (Lipinski definition) is 1. The number of ether oxygens (including phenoxy) is 1. The highest BCUT2D eigenvalue weighted by Gasteiger charge is 2.07. The van der Waals surface area contributed by atoms with Gasteiger partial charge in [-0.2, -0.15) is 0 Å². The van der Waals surface area contributed by atoms with E-state index in [2.05, 4.69) is 51.9 Å². The first-order chi connectivity index (χ1) is 9.24. The smallest absolute Gasteiger partial charge is 0.119 e. The molecule has 0 unspecified atom stereocenters. The first-order valence-electron chi connectivity index (χ1n) is 6.15. The Morgan fingerprint density at radius 3 is 2.68 bits per heavy atom. The molecule has 3 heteroatoms. The topological polar surface area (TPSA) is 14.2 Å². The molecule has 0 fully saturated rings. The third kappa shape index (κ3) is 2.51. The minimum atomic E-state index is 0.581. The first kappa shape index (κ1) is 12.3. The highest BCUT2D eigenvalue weighted by atomic mass is 79.9. The Hall–Kier alpha value is -1.74. The molecular formula is C16H14BrNO. The number of aromatic nitrogens is 1. The van der Waals surface area contributed by atoms with Crippen molar-refractivity contribution >= 4 is 26.8 Å². The number of hydrogen-bond donors (Lipinski definition) is 0. The maximum Gasteiger partial charge on any atom is 0.119 e. The molecule has 1 aromatic heterocycles. The van der Waals surface area contributed by atoms with Crippen LogP contribution in [0.2, 0.25) is 0 Å². The molecular weight excluding hydrogens is 302 g/mol. The van der Waals surface area contributed by atoms with Gasteiger partial charge in [0.05, 0.1) is 0 Å². The predicted octanol–water partition coefficient (Wildman–Crippen LogP) is 4.52. The Bertz CT molecular complexity index is 703. The first-order valence-corrected chi connectivity index (χ1v) is 6.94. The van der Waals surface area contributed by atoms with Crippen LogP contribution in [0.15, 0.2) is 59.2 Å². The number of halogens is 1. The predicted molar refractivity (Wildman–Crippen MR) is 81.4 cm³/mol. The summed E-state index contributed by atoms with van der Waals surface area (Å²) in [6.07, 6.45) is 2.13. The maximum absolute atomic E-state index is 5.82. The quantitative estimate of drug-likeness (QED) is 0.693. The number of para-hydroxylation sites is 1. The minimum absolute atomic E-state index is 0.581. The molecule has 0 aliphatic heterocycles. The van der Waals surface area contributed by atoms with Crippen LogP contribution in [0.1, 0.15) is 5.56 Å². The second kappa shape index (κ2) is 5.10. The monoisotopic (exact) mass is 315 g/mol. The summed E-state index contributed by atoms with van der Waals surface area (Å²) in [7, 11) is 2.06. The summed E-state index contributed by atoms with van der Waals surface area (Å²) >= 11 is 3.52. The van der Waals surface area contributed by atoms with Crippen molar-refractivity contribution in [2.24, 2.45) is 7.05 Å². The second-order valence-corrected chi connectivity index (χ2v) is 5.44. The highest BCUT2D eigenvalue weighted by molar-refractivity contribution is 9.10. The van der Waals surface area contributed by atoms with Crippen LogP contribution in [0.5, 0.6) is 5.75 Å². The van der Waals surface area contributed by atoms with Gasteiger partial charge >= 0.3 is 0 Å². The minimum Gasteiger partial charge on any atom is -0.489 e. The number of aryl methyl sites for hydroxylation is 1. The van der Waals surface area contributed by atoms with Crippen LogP contribution in [0.3, 0.4) is 0 Å². The molecule has 0 N–H and O–H groups in total. The highest BCUT2D eigenvalue weighted by Crippen LogP contribution is 2.25. The Balaban J connectivity index is 1.91. The van der Waals surface area contributed by atoms with Gasteiger partial charge in [-0.05, 0) is 30.3 Å². The van der Waals surface area contributed by atoms with E-state index in [0.717, 1.165) is 10.2 Å². The van der Waals surface area contributed by atoms with Crippen LogP contribution >= 0.6 is 15.9 Å². The lowest BCUT2D eigenvalue weighted by molar-refractivity contribution is 0.307.